The first kappa shape index (κ1) is 24.3. The number of H-pyrrole nitrogens is 1. The SMILES string of the molecule is CCCCc1nc(C(O)C(C)(C)C)c(C#N)n1Cc1ccc(-c2ccccc2-c2nnn[nH]2)cc1. The van der Waals surface area contributed by atoms with E-state index in [0.717, 1.165) is 47.3 Å². The van der Waals surface area contributed by atoms with Crippen LogP contribution in [0.15, 0.2) is 48.5 Å². The van der Waals surface area contributed by atoms with Crippen molar-refractivity contribution in [1.82, 2.24) is 30.2 Å². The number of aromatic amines is 1. The second kappa shape index (κ2) is 10.2. The maximum Gasteiger partial charge on any atom is 0.180 e. The average molecular weight is 470 g/mol. The van der Waals surface area contributed by atoms with Crippen LogP contribution in [0.25, 0.3) is 22.5 Å². The predicted molar refractivity (Wildman–Crippen MR) is 134 cm³/mol. The third-order valence-electron chi connectivity index (χ3n) is 6.15. The number of aliphatic hydroxyl groups is 1. The van der Waals surface area contributed by atoms with E-state index >= 15 is 0 Å². The van der Waals surface area contributed by atoms with Gasteiger partial charge in [-0.3, -0.25) is 0 Å². The van der Waals surface area contributed by atoms with Crippen LogP contribution in [0.5, 0.6) is 0 Å². The molecule has 35 heavy (non-hydrogen) atoms. The number of hydrogen-bond donors (Lipinski definition) is 2. The number of benzene rings is 2. The molecule has 180 valence electrons. The Kier molecular flexibility index (Phi) is 7.08. The number of nitrogens with zero attached hydrogens (tertiary/aromatic N) is 6. The first-order chi connectivity index (χ1) is 16.8. The van der Waals surface area contributed by atoms with Crippen molar-refractivity contribution in [2.45, 2.75) is 59.6 Å². The molecule has 0 bridgehead atoms. The van der Waals surface area contributed by atoms with E-state index in [9.17, 15) is 10.4 Å². The second-order valence-corrected chi connectivity index (χ2v) is 9.82. The van der Waals surface area contributed by atoms with Crippen LogP contribution in [0.1, 0.15) is 69.4 Å². The van der Waals surface area contributed by atoms with E-state index in [1.165, 1.54) is 0 Å². The summed E-state index contributed by atoms with van der Waals surface area (Å²) in [5.74, 6) is 1.46. The van der Waals surface area contributed by atoms with Crippen molar-refractivity contribution in [3.63, 3.8) is 0 Å². The number of imidazole rings is 1. The van der Waals surface area contributed by atoms with Gasteiger partial charge >= 0.3 is 0 Å². The Hall–Kier alpha value is -3.83. The van der Waals surface area contributed by atoms with Crippen molar-refractivity contribution < 1.29 is 5.11 Å². The number of aliphatic hydroxyl groups excluding tert-OH is 1. The maximum atomic E-state index is 10.9. The van der Waals surface area contributed by atoms with E-state index < -0.39 is 11.5 Å². The van der Waals surface area contributed by atoms with E-state index in [-0.39, 0.29) is 0 Å². The van der Waals surface area contributed by atoms with Crippen LogP contribution < -0.4 is 0 Å². The summed E-state index contributed by atoms with van der Waals surface area (Å²) in [6, 6.07) is 18.5. The molecule has 0 saturated heterocycles. The number of hydrogen-bond acceptors (Lipinski definition) is 6. The van der Waals surface area contributed by atoms with Crippen LogP contribution in [0, 0.1) is 16.7 Å². The highest BCUT2D eigenvalue weighted by molar-refractivity contribution is 5.80. The van der Waals surface area contributed by atoms with Gasteiger partial charge in [0.1, 0.15) is 29.4 Å². The van der Waals surface area contributed by atoms with Crippen LogP contribution in [-0.2, 0) is 13.0 Å². The normalized spacial score (nSPS) is 12.5. The highest BCUT2D eigenvalue weighted by Gasteiger charge is 2.31. The molecular formula is C27H31N7O. The summed E-state index contributed by atoms with van der Waals surface area (Å²) in [7, 11) is 0. The minimum Gasteiger partial charge on any atom is -0.386 e. The van der Waals surface area contributed by atoms with Crippen LogP contribution >= 0.6 is 0 Å². The Balaban J connectivity index is 1.68. The van der Waals surface area contributed by atoms with Gasteiger partial charge in [-0.1, -0.05) is 82.6 Å². The lowest BCUT2D eigenvalue weighted by atomic mass is 9.86. The molecule has 4 rings (SSSR count). The molecule has 0 aliphatic rings. The van der Waals surface area contributed by atoms with Crippen molar-refractivity contribution in [2.24, 2.45) is 5.41 Å². The molecule has 0 spiro atoms. The Labute approximate surface area is 205 Å². The van der Waals surface area contributed by atoms with Crippen LogP contribution in [0.3, 0.4) is 0 Å². The zero-order valence-electron chi connectivity index (χ0n) is 20.7. The van der Waals surface area contributed by atoms with Gasteiger partial charge in [0.25, 0.3) is 0 Å². The molecule has 4 aromatic rings. The lowest BCUT2D eigenvalue weighted by Gasteiger charge is -2.24. The third-order valence-corrected chi connectivity index (χ3v) is 6.15. The third kappa shape index (κ3) is 5.15. The summed E-state index contributed by atoms with van der Waals surface area (Å²) in [5, 5.41) is 35.2. The number of nitriles is 1. The number of rotatable bonds is 8. The summed E-state index contributed by atoms with van der Waals surface area (Å²) < 4.78 is 1.96. The van der Waals surface area contributed by atoms with Gasteiger partial charge in [0.05, 0.1) is 0 Å². The van der Waals surface area contributed by atoms with Crippen LogP contribution in [-0.4, -0.2) is 35.3 Å². The van der Waals surface area contributed by atoms with Crippen molar-refractivity contribution in [1.29, 1.82) is 5.26 Å². The van der Waals surface area contributed by atoms with Gasteiger partial charge in [0, 0.05) is 18.5 Å². The minimum atomic E-state index is -0.816. The molecule has 0 radical (unpaired) electrons. The van der Waals surface area contributed by atoms with Crippen LogP contribution in [0.2, 0.25) is 0 Å². The molecule has 2 N–H and O–H groups in total. The summed E-state index contributed by atoms with van der Waals surface area (Å²) in [4.78, 5) is 4.75. The van der Waals surface area contributed by atoms with E-state index in [1.54, 1.807) is 0 Å². The van der Waals surface area contributed by atoms with Gasteiger partial charge in [0.15, 0.2) is 5.82 Å². The Morgan fingerprint density at radius 1 is 1.09 bits per heavy atom. The summed E-state index contributed by atoms with van der Waals surface area (Å²) >= 11 is 0. The second-order valence-electron chi connectivity index (χ2n) is 9.82. The molecule has 2 heterocycles. The van der Waals surface area contributed by atoms with Crippen molar-refractivity contribution >= 4 is 0 Å². The highest BCUT2D eigenvalue weighted by atomic mass is 16.3. The van der Waals surface area contributed by atoms with Gasteiger partial charge in [-0.25, -0.2) is 10.1 Å². The fourth-order valence-electron chi connectivity index (χ4n) is 4.12. The lowest BCUT2D eigenvalue weighted by Crippen LogP contribution is -2.19. The number of aryl methyl sites for hydroxylation is 1. The van der Waals surface area contributed by atoms with Gasteiger partial charge in [-0.05, 0) is 39.0 Å². The number of tetrazole rings is 1. The fraction of sp³-hybridized carbons (Fsp3) is 0.370. The molecule has 2 aromatic carbocycles. The monoisotopic (exact) mass is 469 g/mol. The van der Waals surface area contributed by atoms with Crippen molar-refractivity contribution in [3.05, 3.63) is 71.3 Å². The summed E-state index contributed by atoms with van der Waals surface area (Å²) in [5.41, 5.74) is 4.54. The number of unbranched alkanes of at least 4 members (excludes halogenated alkanes) is 1. The molecule has 0 aliphatic carbocycles. The Morgan fingerprint density at radius 3 is 2.40 bits per heavy atom. The standard InChI is InChI=1S/C27H31N7O/c1-5-6-11-23-29-24(25(35)27(2,3)4)22(16-28)34(23)17-18-12-14-19(15-13-18)20-9-7-8-10-21(20)26-30-32-33-31-26/h7-10,12-15,25,35H,5-6,11,17H2,1-4H3,(H,30,31,32,33). The predicted octanol–water partition coefficient (Wildman–Crippen LogP) is 5.07. The van der Waals surface area contributed by atoms with Crippen molar-refractivity contribution in [3.8, 4) is 28.6 Å². The Bertz CT molecular complexity index is 1310. The van der Waals surface area contributed by atoms with Crippen LogP contribution in [0.4, 0.5) is 0 Å². The first-order valence-corrected chi connectivity index (χ1v) is 11.9. The van der Waals surface area contributed by atoms with Gasteiger partial charge < -0.3 is 9.67 Å². The fourth-order valence-corrected chi connectivity index (χ4v) is 4.12. The molecule has 0 amide bonds. The zero-order valence-corrected chi connectivity index (χ0v) is 20.7. The van der Waals surface area contributed by atoms with Gasteiger partial charge in [-0.15, -0.1) is 5.10 Å². The van der Waals surface area contributed by atoms with E-state index in [1.807, 2.05) is 49.6 Å². The molecule has 1 unspecified atom stereocenters. The molecule has 8 heteroatoms. The molecule has 8 nitrogen and oxygen atoms in total. The largest absolute Gasteiger partial charge is 0.386 e. The topological polar surface area (TPSA) is 116 Å². The van der Waals surface area contributed by atoms with E-state index in [2.05, 4.69) is 57.9 Å². The molecule has 0 fully saturated rings. The number of aromatic nitrogens is 6. The lowest BCUT2D eigenvalue weighted by molar-refractivity contribution is 0.0588. The van der Waals surface area contributed by atoms with Gasteiger partial charge in [0.2, 0.25) is 0 Å². The highest BCUT2D eigenvalue weighted by Crippen LogP contribution is 2.35. The molecule has 0 aliphatic heterocycles. The quantitative estimate of drug-likeness (QED) is 0.372. The summed E-state index contributed by atoms with van der Waals surface area (Å²) in [6.45, 7) is 8.51. The van der Waals surface area contributed by atoms with Crippen molar-refractivity contribution in [2.75, 3.05) is 0 Å². The van der Waals surface area contributed by atoms with E-state index in [0.29, 0.717) is 23.8 Å². The minimum absolute atomic E-state index is 0.416. The smallest absolute Gasteiger partial charge is 0.180 e. The van der Waals surface area contributed by atoms with E-state index in [4.69, 9.17) is 4.98 Å². The number of nitrogens with one attached hydrogen (secondary N) is 1. The molecule has 2 aromatic heterocycles. The summed E-state index contributed by atoms with van der Waals surface area (Å²) in [6.07, 6.45) is 1.95. The molecular weight excluding hydrogens is 438 g/mol. The zero-order chi connectivity index (χ0) is 25.0. The first-order valence-electron chi connectivity index (χ1n) is 11.9. The maximum absolute atomic E-state index is 10.9. The Morgan fingerprint density at radius 2 is 1.80 bits per heavy atom. The average Bonchev–Trinajstić information content (AvgIpc) is 3.50. The van der Waals surface area contributed by atoms with Gasteiger partial charge in [-0.2, -0.15) is 5.26 Å². The molecule has 1 atom stereocenters. The molecule has 0 saturated carbocycles.